The first-order valence-electron chi connectivity index (χ1n) is 7.58. The van der Waals surface area contributed by atoms with Crippen LogP contribution >= 0.6 is 0 Å². The molecule has 0 spiro atoms. The summed E-state index contributed by atoms with van der Waals surface area (Å²) in [6.07, 6.45) is 6.40. The van der Waals surface area contributed by atoms with Crippen molar-refractivity contribution in [3.63, 3.8) is 0 Å². The molecule has 1 aliphatic heterocycles. The lowest BCUT2D eigenvalue weighted by atomic mass is 10.1. The summed E-state index contributed by atoms with van der Waals surface area (Å²) >= 11 is 0. The predicted molar refractivity (Wildman–Crippen MR) is 76.6 cm³/mol. The Morgan fingerprint density at radius 2 is 2.24 bits per heavy atom. The highest BCUT2D eigenvalue weighted by Gasteiger charge is 2.30. The van der Waals surface area contributed by atoms with E-state index in [9.17, 15) is 4.79 Å². The van der Waals surface area contributed by atoms with Gasteiger partial charge in [0.1, 0.15) is 0 Å². The zero-order valence-corrected chi connectivity index (χ0v) is 12.1. The van der Waals surface area contributed by atoms with E-state index in [2.05, 4.69) is 34.1 Å². The van der Waals surface area contributed by atoms with Crippen LogP contribution in [0.1, 0.15) is 42.0 Å². The van der Waals surface area contributed by atoms with Crippen LogP contribution in [0.4, 0.5) is 0 Å². The van der Waals surface area contributed by atoms with Crippen molar-refractivity contribution < 1.29 is 4.79 Å². The molecule has 1 atom stereocenters. The zero-order valence-electron chi connectivity index (χ0n) is 12.1. The maximum atomic E-state index is 12.7. The third kappa shape index (κ3) is 2.24. The molecule has 0 bridgehead atoms. The van der Waals surface area contributed by atoms with E-state index in [0.29, 0.717) is 5.69 Å². The average Bonchev–Trinajstić information content (AvgIpc) is 2.99. The summed E-state index contributed by atoms with van der Waals surface area (Å²) in [4.78, 5) is 14.5. The van der Waals surface area contributed by atoms with Crippen molar-refractivity contribution >= 4 is 5.91 Å². The molecule has 0 radical (unpaired) electrons. The van der Waals surface area contributed by atoms with Crippen LogP contribution in [0.25, 0.3) is 0 Å². The Morgan fingerprint density at radius 1 is 1.38 bits per heavy atom. The van der Waals surface area contributed by atoms with Gasteiger partial charge in [0.15, 0.2) is 5.69 Å². The Bertz CT molecular complexity index is 669. The molecule has 2 aliphatic rings. The summed E-state index contributed by atoms with van der Waals surface area (Å²) in [6, 6.07) is 4.19. The van der Waals surface area contributed by atoms with Crippen LogP contribution in [0.3, 0.4) is 0 Å². The molecule has 21 heavy (non-hydrogen) atoms. The number of fused-ring (bicyclic) bond motifs is 1. The number of hydrogen-bond acceptors (Lipinski definition) is 3. The van der Waals surface area contributed by atoms with Gasteiger partial charge >= 0.3 is 0 Å². The molecule has 6 nitrogen and oxygen atoms in total. The first kappa shape index (κ1) is 12.6. The van der Waals surface area contributed by atoms with E-state index in [0.717, 1.165) is 25.6 Å². The lowest BCUT2D eigenvalue weighted by Crippen LogP contribution is -2.40. The molecule has 1 fully saturated rings. The monoisotopic (exact) mass is 285 g/mol. The Morgan fingerprint density at radius 3 is 3.05 bits per heavy atom. The topological polar surface area (TPSA) is 56.0 Å². The zero-order chi connectivity index (χ0) is 14.4. The summed E-state index contributed by atoms with van der Waals surface area (Å²) in [5.41, 5.74) is 1.64. The number of aromatic nitrogens is 4. The second-order valence-corrected chi connectivity index (χ2v) is 6.07. The van der Waals surface area contributed by atoms with Gasteiger partial charge in [-0.05, 0) is 37.8 Å². The fourth-order valence-corrected chi connectivity index (χ4v) is 3.05. The lowest BCUT2D eigenvalue weighted by molar-refractivity contribution is 0.0638. The largest absolute Gasteiger partial charge is 0.348 e. The Kier molecular flexibility index (Phi) is 2.83. The summed E-state index contributed by atoms with van der Waals surface area (Å²) < 4.78 is 4.01. The van der Waals surface area contributed by atoms with Crippen LogP contribution in [0.5, 0.6) is 0 Å². The molecule has 1 unspecified atom stereocenters. The molecular weight excluding hydrogens is 266 g/mol. The molecule has 1 aliphatic carbocycles. The van der Waals surface area contributed by atoms with E-state index >= 15 is 0 Å². The van der Waals surface area contributed by atoms with E-state index < -0.39 is 0 Å². The van der Waals surface area contributed by atoms with Crippen molar-refractivity contribution in [2.45, 2.75) is 38.9 Å². The molecule has 4 rings (SSSR count). The van der Waals surface area contributed by atoms with Crippen LogP contribution in [-0.2, 0) is 13.1 Å². The van der Waals surface area contributed by atoms with Gasteiger partial charge in [-0.15, -0.1) is 5.10 Å². The maximum absolute atomic E-state index is 12.7. The minimum Gasteiger partial charge on any atom is -0.348 e. The fraction of sp³-hybridized carbons (Fsp3) is 0.533. The van der Waals surface area contributed by atoms with Gasteiger partial charge in [0, 0.05) is 31.5 Å². The van der Waals surface area contributed by atoms with Gasteiger partial charge in [-0.3, -0.25) is 9.48 Å². The normalized spacial score (nSPS) is 21.4. The third-order valence-corrected chi connectivity index (χ3v) is 4.50. The molecule has 6 heteroatoms. The second-order valence-electron chi connectivity index (χ2n) is 6.07. The molecule has 2 aromatic heterocycles. The first-order chi connectivity index (χ1) is 10.2. The van der Waals surface area contributed by atoms with Gasteiger partial charge in [0.25, 0.3) is 5.91 Å². The van der Waals surface area contributed by atoms with E-state index in [1.165, 1.54) is 18.5 Å². The van der Waals surface area contributed by atoms with Crippen LogP contribution in [0, 0.1) is 5.92 Å². The van der Waals surface area contributed by atoms with Crippen LogP contribution in [0.15, 0.2) is 24.5 Å². The van der Waals surface area contributed by atoms with Gasteiger partial charge < -0.3 is 9.47 Å². The predicted octanol–water partition coefficient (Wildman–Crippen LogP) is 1.71. The number of carbonyl (C=O) groups is 1. The van der Waals surface area contributed by atoms with Crippen molar-refractivity contribution in [1.29, 1.82) is 0 Å². The molecular formula is C15H19N5O. The van der Waals surface area contributed by atoms with Gasteiger partial charge in [0.05, 0.1) is 12.2 Å². The smallest absolute Gasteiger partial charge is 0.276 e. The van der Waals surface area contributed by atoms with Crippen molar-refractivity contribution in [3.8, 4) is 0 Å². The number of nitrogens with zero attached hydrogens (tertiary/aromatic N) is 5. The molecule has 1 amide bonds. The Labute approximate surface area is 123 Å². The standard InChI is InChI=1S/C15H19N5O/c1-11-14-3-2-6-18(14)7-8-20(11)15(21)13-10-19(17-16-13)9-12-4-5-12/h2-3,6,10-12H,4-5,7-9H2,1H3. The summed E-state index contributed by atoms with van der Waals surface area (Å²) in [7, 11) is 0. The first-order valence-corrected chi connectivity index (χ1v) is 7.58. The summed E-state index contributed by atoms with van der Waals surface area (Å²) in [5, 5.41) is 8.15. The van der Waals surface area contributed by atoms with Crippen LogP contribution in [-0.4, -0.2) is 36.9 Å². The SMILES string of the molecule is CC1c2cccn2CCN1C(=O)c1cn(CC2CC2)nn1. The third-order valence-electron chi connectivity index (χ3n) is 4.50. The minimum absolute atomic E-state index is 0.0167. The van der Waals surface area contributed by atoms with Gasteiger partial charge in [-0.25, -0.2) is 0 Å². The van der Waals surface area contributed by atoms with Gasteiger partial charge in [-0.1, -0.05) is 5.21 Å². The molecule has 110 valence electrons. The number of carbonyl (C=O) groups excluding carboxylic acids is 1. The van der Waals surface area contributed by atoms with Crippen LogP contribution in [0.2, 0.25) is 0 Å². The maximum Gasteiger partial charge on any atom is 0.276 e. The molecule has 1 saturated carbocycles. The quantitative estimate of drug-likeness (QED) is 0.862. The van der Waals surface area contributed by atoms with Gasteiger partial charge in [0.2, 0.25) is 0 Å². The number of rotatable bonds is 3. The van der Waals surface area contributed by atoms with Crippen molar-refractivity contribution in [3.05, 3.63) is 35.9 Å². The highest BCUT2D eigenvalue weighted by atomic mass is 16.2. The van der Waals surface area contributed by atoms with Crippen molar-refractivity contribution in [1.82, 2.24) is 24.5 Å². The second kappa shape index (κ2) is 4.72. The van der Waals surface area contributed by atoms with E-state index in [1.807, 2.05) is 15.6 Å². The Hall–Kier alpha value is -2.11. The van der Waals surface area contributed by atoms with E-state index in [4.69, 9.17) is 0 Å². The summed E-state index contributed by atoms with van der Waals surface area (Å²) in [5.74, 6) is 0.712. The fourth-order valence-electron chi connectivity index (χ4n) is 3.05. The number of amides is 1. The van der Waals surface area contributed by atoms with E-state index in [1.54, 1.807) is 6.20 Å². The average molecular weight is 285 g/mol. The Balaban J connectivity index is 1.53. The van der Waals surface area contributed by atoms with Crippen LogP contribution < -0.4 is 0 Å². The van der Waals surface area contributed by atoms with Crippen molar-refractivity contribution in [2.24, 2.45) is 5.92 Å². The molecule has 3 heterocycles. The van der Waals surface area contributed by atoms with Crippen molar-refractivity contribution in [2.75, 3.05) is 6.54 Å². The molecule has 0 aromatic carbocycles. The summed E-state index contributed by atoms with van der Waals surface area (Å²) in [6.45, 7) is 4.52. The minimum atomic E-state index is -0.0167. The molecule has 0 N–H and O–H groups in total. The highest BCUT2D eigenvalue weighted by molar-refractivity contribution is 5.92. The molecule has 2 aromatic rings. The van der Waals surface area contributed by atoms with Gasteiger partial charge in [-0.2, -0.15) is 0 Å². The number of hydrogen-bond donors (Lipinski definition) is 0. The molecule has 0 saturated heterocycles. The van der Waals surface area contributed by atoms with E-state index in [-0.39, 0.29) is 11.9 Å². The lowest BCUT2D eigenvalue weighted by Gasteiger charge is -2.34. The highest BCUT2D eigenvalue weighted by Crippen LogP contribution is 2.30.